The van der Waals surface area contributed by atoms with Gasteiger partial charge in [0.05, 0.1) is 12.0 Å². The first-order valence-corrected chi connectivity index (χ1v) is 7.01. The normalized spacial score (nSPS) is 12.2. The Balaban J connectivity index is 2.45. The lowest BCUT2D eigenvalue weighted by atomic mass is 10.2. The summed E-state index contributed by atoms with van der Waals surface area (Å²) in [6, 6.07) is 5.06. The average molecular weight is 355 g/mol. The van der Waals surface area contributed by atoms with Crippen molar-refractivity contribution in [2.24, 2.45) is 0 Å². The number of methoxy groups -OCH3 is 1. The molecular weight excluding hydrogens is 341 g/mol. The van der Waals surface area contributed by atoms with Crippen molar-refractivity contribution in [1.29, 1.82) is 0 Å². The summed E-state index contributed by atoms with van der Waals surface area (Å²) in [6.07, 6.45) is 0.656. The molecule has 100 valence electrons. The highest BCUT2D eigenvalue weighted by Crippen LogP contribution is 2.19. The fourth-order valence-electron chi connectivity index (χ4n) is 1.39. The highest BCUT2D eigenvalue weighted by Gasteiger charge is 2.09. The molecule has 0 fully saturated rings. The van der Waals surface area contributed by atoms with Gasteiger partial charge >= 0.3 is 0 Å². The maximum absolute atomic E-state index is 11.8. The zero-order valence-electron chi connectivity index (χ0n) is 9.88. The number of benzene rings is 1. The average Bonchev–Trinajstić information content (AvgIpc) is 2.27. The Morgan fingerprint density at radius 2 is 2.22 bits per heavy atom. The van der Waals surface area contributed by atoms with Crippen LogP contribution in [0.2, 0.25) is 5.02 Å². The van der Waals surface area contributed by atoms with Gasteiger partial charge in [-0.2, -0.15) is 0 Å². The molecule has 3 nitrogen and oxygen atoms in total. The molecule has 0 spiro atoms. The number of rotatable bonds is 6. The topological polar surface area (TPSA) is 38.3 Å². The van der Waals surface area contributed by atoms with Crippen molar-refractivity contribution >= 4 is 45.0 Å². The summed E-state index contributed by atoms with van der Waals surface area (Å²) in [5.74, 6) is -0.167. The van der Waals surface area contributed by atoms with Crippen molar-refractivity contribution in [3.8, 4) is 0 Å². The van der Waals surface area contributed by atoms with Crippen LogP contribution in [0.4, 0.5) is 0 Å². The summed E-state index contributed by atoms with van der Waals surface area (Å²) in [4.78, 5) is 11.8. The second-order valence-electron chi connectivity index (χ2n) is 3.76. The van der Waals surface area contributed by atoms with E-state index in [2.05, 4.69) is 21.2 Å². The Morgan fingerprint density at radius 3 is 2.83 bits per heavy atom. The van der Waals surface area contributed by atoms with Gasteiger partial charge in [-0.05, 0) is 24.6 Å². The SMILES string of the molecule is COCC(Cl)CCNC(=O)c1cc(Cl)cc(Br)c1. The molecule has 0 aliphatic rings. The van der Waals surface area contributed by atoms with Gasteiger partial charge in [-0.1, -0.05) is 27.5 Å². The van der Waals surface area contributed by atoms with Crippen LogP contribution in [-0.2, 0) is 4.74 Å². The second kappa shape index (κ2) is 8.00. The summed E-state index contributed by atoms with van der Waals surface area (Å²) in [7, 11) is 1.59. The number of amides is 1. The van der Waals surface area contributed by atoms with Crippen molar-refractivity contribution in [3.05, 3.63) is 33.3 Å². The summed E-state index contributed by atoms with van der Waals surface area (Å²) in [6.45, 7) is 0.973. The predicted octanol–water partition coefficient (Wildman–Crippen LogP) is 3.48. The lowest BCUT2D eigenvalue weighted by Gasteiger charge is -2.09. The Morgan fingerprint density at radius 1 is 1.50 bits per heavy atom. The minimum Gasteiger partial charge on any atom is -0.383 e. The molecule has 1 amide bonds. The van der Waals surface area contributed by atoms with Crippen LogP contribution in [0.5, 0.6) is 0 Å². The molecule has 0 saturated heterocycles. The van der Waals surface area contributed by atoms with E-state index in [0.717, 1.165) is 4.47 Å². The van der Waals surface area contributed by atoms with Crippen molar-refractivity contribution in [2.45, 2.75) is 11.8 Å². The maximum atomic E-state index is 11.8. The van der Waals surface area contributed by atoms with Gasteiger partial charge in [-0.15, -0.1) is 11.6 Å². The number of halogens is 3. The number of carbonyl (C=O) groups is 1. The Hall–Kier alpha value is -0.290. The van der Waals surface area contributed by atoms with Crippen LogP contribution in [0.25, 0.3) is 0 Å². The standard InChI is InChI=1S/C12H14BrCl2NO2/c1-18-7-10(14)2-3-16-12(17)8-4-9(13)6-11(15)5-8/h4-6,10H,2-3,7H2,1H3,(H,16,17). The first kappa shape index (κ1) is 15.8. The fourth-order valence-corrected chi connectivity index (χ4v) is 2.49. The van der Waals surface area contributed by atoms with Gasteiger partial charge in [0.1, 0.15) is 0 Å². The van der Waals surface area contributed by atoms with Crippen molar-refractivity contribution in [3.63, 3.8) is 0 Å². The maximum Gasteiger partial charge on any atom is 0.251 e. The minimum atomic E-state index is -0.167. The lowest BCUT2D eigenvalue weighted by molar-refractivity contribution is 0.0951. The van der Waals surface area contributed by atoms with E-state index in [-0.39, 0.29) is 11.3 Å². The first-order valence-electron chi connectivity index (χ1n) is 5.40. The zero-order valence-corrected chi connectivity index (χ0v) is 13.0. The fraction of sp³-hybridized carbons (Fsp3) is 0.417. The highest BCUT2D eigenvalue weighted by molar-refractivity contribution is 9.10. The summed E-state index contributed by atoms with van der Waals surface area (Å²) >= 11 is 15.1. The molecule has 0 saturated carbocycles. The monoisotopic (exact) mass is 353 g/mol. The molecule has 0 heterocycles. The van der Waals surface area contributed by atoms with Gasteiger partial charge in [-0.3, -0.25) is 4.79 Å². The van der Waals surface area contributed by atoms with Crippen LogP contribution in [0.1, 0.15) is 16.8 Å². The molecule has 1 aromatic rings. The van der Waals surface area contributed by atoms with Crippen LogP contribution in [0.3, 0.4) is 0 Å². The molecule has 0 bridgehead atoms. The van der Waals surface area contributed by atoms with E-state index in [1.807, 2.05) is 0 Å². The summed E-state index contributed by atoms with van der Waals surface area (Å²) in [5, 5.41) is 3.21. The van der Waals surface area contributed by atoms with Crippen molar-refractivity contribution < 1.29 is 9.53 Å². The van der Waals surface area contributed by atoms with Crippen LogP contribution in [0.15, 0.2) is 22.7 Å². The van der Waals surface area contributed by atoms with E-state index in [1.165, 1.54) is 0 Å². The van der Waals surface area contributed by atoms with E-state index >= 15 is 0 Å². The highest BCUT2D eigenvalue weighted by atomic mass is 79.9. The van der Waals surface area contributed by atoms with Crippen LogP contribution < -0.4 is 5.32 Å². The molecule has 1 aromatic carbocycles. The summed E-state index contributed by atoms with van der Waals surface area (Å²) < 4.78 is 5.68. The Labute approximate surface area is 125 Å². The number of alkyl halides is 1. The molecule has 1 atom stereocenters. The molecule has 1 N–H and O–H groups in total. The number of carbonyl (C=O) groups excluding carboxylic acids is 1. The molecule has 0 aliphatic carbocycles. The van der Waals surface area contributed by atoms with Crippen molar-refractivity contribution in [1.82, 2.24) is 5.32 Å². The van der Waals surface area contributed by atoms with E-state index in [0.29, 0.717) is 30.2 Å². The number of ether oxygens (including phenoxy) is 1. The van der Waals surface area contributed by atoms with E-state index in [9.17, 15) is 4.79 Å². The summed E-state index contributed by atoms with van der Waals surface area (Å²) in [5.41, 5.74) is 0.521. The van der Waals surface area contributed by atoms with Gasteiger partial charge in [0.25, 0.3) is 5.91 Å². The third kappa shape index (κ3) is 5.57. The van der Waals surface area contributed by atoms with Gasteiger partial charge in [0.2, 0.25) is 0 Å². The smallest absolute Gasteiger partial charge is 0.251 e. The molecule has 1 unspecified atom stereocenters. The second-order valence-corrected chi connectivity index (χ2v) is 5.72. The van der Waals surface area contributed by atoms with Gasteiger partial charge < -0.3 is 10.1 Å². The van der Waals surface area contributed by atoms with Gasteiger partial charge in [-0.25, -0.2) is 0 Å². The third-order valence-corrected chi connectivity index (χ3v) is 3.24. The van der Waals surface area contributed by atoms with Gasteiger partial charge in [0.15, 0.2) is 0 Å². The minimum absolute atomic E-state index is 0.0959. The van der Waals surface area contributed by atoms with Gasteiger partial charge in [0, 0.05) is 28.7 Å². The molecule has 0 aliphatic heterocycles. The molecule has 18 heavy (non-hydrogen) atoms. The predicted molar refractivity (Wildman–Crippen MR) is 77.6 cm³/mol. The lowest BCUT2D eigenvalue weighted by Crippen LogP contribution is -2.27. The van der Waals surface area contributed by atoms with Crippen molar-refractivity contribution in [2.75, 3.05) is 20.3 Å². The number of hydrogen-bond acceptors (Lipinski definition) is 2. The largest absolute Gasteiger partial charge is 0.383 e. The van der Waals surface area contributed by atoms with E-state index in [1.54, 1.807) is 25.3 Å². The molecule has 0 radical (unpaired) electrons. The van der Waals surface area contributed by atoms with Crippen LogP contribution in [-0.4, -0.2) is 31.5 Å². The zero-order chi connectivity index (χ0) is 13.5. The number of nitrogens with one attached hydrogen (secondary N) is 1. The molecule has 6 heteroatoms. The van der Waals surface area contributed by atoms with E-state index < -0.39 is 0 Å². The van der Waals surface area contributed by atoms with Crippen LogP contribution in [0, 0.1) is 0 Å². The quantitative estimate of drug-likeness (QED) is 0.794. The third-order valence-electron chi connectivity index (χ3n) is 2.22. The molecular formula is C12H14BrCl2NO2. The Bertz CT molecular complexity index is 395. The van der Waals surface area contributed by atoms with E-state index in [4.69, 9.17) is 27.9 Å². The number of hydrogen-bond donors (Lipinski definition) is 1. The molecule has 1 rings (SSSR count). The van der Waals surface area contributed by atoms with Crippen LogP contribution >= 0.6 is 39.1 Å². The molecule has 0 aromatic heterocycles. The first-order chi connectivity index (χ1) is 8.52. The Kier molecular flexibility index (Phi) is 7.00.